The van der Waals surface area contributed by atoms with E-state index in [-0.39, 0.29) is 11.8 Å². The topological polar surface area (TPSA) is 41.1 Å². The lowest BCUT2D eigenvalue weighted by molar-refractivity contribution is -0.120. The zero-order chi connectivity index (χ0) is 13.0. The number of anilines is 2. The second-order valence-electron chi connectivity index (χ2n) is 5.00. The monoisotopic (exact) mass is 246 g/mol. The SMILES string of the molecule is CCC(CC)C(=O)Nc1ccc(NC2CC2)cc1. The fourth-order valence-corrected chi connectivity index (χ4v) is 2.02. The molecule has 1 fully saturated rings. The normalized spacial score (nSPS) is 14.6. The highest BCUT2D eigenvalue weighted by atomic mass is 16.1. The maximum Gasteiger partial charge on any atom is 0.227 e. The van der Waals surface area contributed by atoms with Crippen molar-refractivity contribution in [2.24, 2.45) is 5.92 Å². The Morgan fingerprint density at radius 1 is 1.17 bits per heavy atom. The minimum absolute atomic E-state index is 0.120. The van der Waals surface area contributed by atoms with Gasteiger partial charge >= 0.3 is 0 Å². The third-order valence-corrected chi connectivity index (χ3v) is 3.46. The average molecular weight is 246 g/mol. The number of carbonyl (C=O) groups excluding carboxylic acids is 1. The highest BCUT2D eigenvalue weighted by molar-refractivity contribution is 5.92. The van der Waals surface area contributed by atoms with Gasteiger partial charge in [0, 0.05) is 23.3 Å². The molecular formula is C15H22N2O. The number of carbonyl (C=O) groups is 1. The molecule has 0 spiro atoms. The molecule has 1 aromatic rings. The van der Waals surface area contributed by atoms with Gasteiger partial charge in [-0.2, -0.15) is 0 Å². The van der Waals surface area contributed by atoms with Gasteiger partial charge < -0.3 is 10.6 Å². The van der Waals surface area contributed by atoms with Crippen LogP contribution in [0, 0.1) is 5.92 Å². The molecule has 0 unspecified atom stereocenters. The molecule has 1 saturated carbocycles. The Labute approximate surface area is 109 Å². The summed E-state index contributed by atoms with van der Waals surface area (Å²) in [5.74, 6) is 0.247. The number of hydrogen-bond acceptors (Lipinski definition) is 2. The molecule has 1 aliphatic rings. The number of hydrogen-bond donors (Lipinski definition) is 2. The van der Waals surface area contributed by atoms with E-state index in [0.29, 0.717) is 6.04 Å². The second-order valence-corrected chi connectivity index (χ2v) is 5.00. The van der Waals surface area contributed by atoms with Crippen LogP contribution in [0.5, 0.6) is 0 Å². The van der Waals surface area contributed by atoms with Gasteiger partial charge in [0.2, 0.25) is 5.91 Å². The van der Waals surface area contributed by atoms with Gasteiger partial charge in [-0.25, -0.2) is 0 Å². The van der Waals surface area contributed by atoms with Gasteiger partial charge in [-0.1, -0.05) is 13.8 Å². The van der Waals surface area contributed by atoms with Gasteiger partial charge in [-0.05, 0) is 49.9 Å². The first-order chi connectivity index (χ1) is 8.72. The maximum absolute atomic E-state index is 11.9. The van der Waals surface area contributed by atoms with Gasteiger partial charge in [-0.3, -0.25) is 4.79 Å². The van der Waals surface area contributed by atoms with Crippen molar-refractivity contribution in [3.63, 3.8) is 0 Å². The number of amides is 1. The lowest BCUT2D eigenvalue weighted by Crippen LogP contribution is -2.21. The van der Waals surface area contributed by atoms with Crippen LogP contribution in [0.2, 0.25) is 0 Å². The molecule has 0 radical (unpaired) electrons. The van der Waals surface area contributed by atoms with Crippen molar-refractivity contribution in [2.45, 2.75) is 45.6 Å². The van der Waals surface area contributed by atoms with Crippen molar-refractivity contribution in [2.75, 3.05) is 10.6 Å². The predicted molar refractivity (Wildman–Crippen MR) is 75.8 cm³/mol. The highest BCUT2D eigenvalue weighted by Gasteiger charge is 2.20. The van der Waals surface area contributed by atoms with Crippen LogP contribution in [-0.2, 0) is 4.79 Å². The minimum atomic E-state index is 0.120. The molecule has 3 nitrogen and oxygen atoms in total. The summed E-state index contributed by atoms with van der Waals surface area (Å²) in [6.07, 6.45) is 4.33. The molecule has 2 rings (SSSR count). The van der Waals surface area contributed by atoms with E-state index in [1.807, 2.05) is 24.3 Å². The quantitative estimate of drug-likeness (QED) is 0.804. The lowest BCUT2D eigenvalue weighted by Gasteiger charge is -2.13. The number of benzene rings is 1. The summed E-state index contributed by atoms with van der Waals surface area (Å²) < 4.78 is 0. The van der Waals surface area contributed by atoms with Crippen molar-refractivity contribution in [1.29, 1.82) is 0 Å². The van der Waals surface area contributed by atoms with Crippen LogP contribution in [0.3, 0.4) is 0 Å². The number of rotatable bonds is 6. The molecule has 0 bridgehead atoms. The average Bonchev–Trinajstić information content (AvgIpc) is 3.17. The Balaban J connectivity index is 1.90. The zero-order valence-electron chi connectivity index (χ0n) is 11.2. The predicted octanol–water partition coefficient (Wildman–Crippen LogP) is 3.64. The second kappa shape index (κ2) is 5.89. The summed E-state index contributed by atoms with van der Waals surface area (Å²) in [6, 6.07) is 8.65. The summed E-state index contributed by atoms with van der Waals surface area (Å²) in [5.41, 5.74) is 2.02. The molecule has 0 aliphatic heterocycles. The Kier molecular flexibility index (Phi) is 4.24. The zero-order valence-corrected chi connectivity index (χ0v) is 11.2. The van der Waals surface area contributed by atoms with Crippen molar-refractivity contribution >= 4 is 17.3 Å². The Bertz CT molecular complexity index is 391. The first kappa shape index (κ1) is 12.9. The van der Waals surface area contributed by atoms with Crippen LogP contribution in [0.15, 0.2) is 24.3 Å². The molecule has 0 heterocycles. The highest BCUT2D eigenvalue weighted by Crippen LogP contribution is 2.25. The third kappa shape index (κ3) is 3.49. The van der Waals surface area contributed by atoms with E-state index < -0.39 is 0 Å². The van der Waals surface area contributed by atoms with E-state index in [4.69, 9.17) is 0 Å². The summed E-state index contributed by atoms with van der Waals surface area (Å²) >= 11 is 0. The third-order valence-electron chi connectivity index (χ3n) is 3.46. The summed E-state index contributed by atoms with van der Waals surface area (Å²) in [5, 5.41) is 6.40. The molecule has 0 aromatic heterocycles. The van der Waals surface area contributed by atoms with Gasteiger partial charge in [-0.15, -0.1) is 0 Å². The lowest BCUT2D eigenvalue weighted by atomic mass is 10.0. The molecule has 98 valence electrons. The van der Waals surface area contributed by atoms with E-state index in [1.165, 1.54) is 12.8 Å². The van der Waals surface area contributed by atoms with Gasteiger partial charge in [0.25, 0.3) is 0 Å². The van der Waals surface area contributed by atoms with Gasteiger partial charge in [0.15, 0.2) is 0 Å². The van der Waals surface area contributed by atoms with Gasteiger partial charge in [0.1, 0.15) is 0 Å². The molecule has 1 amide bonds. The largest absolute Gasteiger partial charge is 0.382 e. The molecule has 3 heteroatoms. The van der Waals surface area contributed by atoms with Crippen LogP contribution in [0.4, 0.5) is 11.4 Å². The summed E-state index contributed by atoms with van der Waals surface area (Å²) in [6.45, 7) is 4.10. The van der Waals surface area contributed by atoms with E-state index in [0.717, 1.165) is 24.2 Å². The molecule has 0 atom stereocenters. The standard InChI is InChI=1S/C15H22N2O/c1-3-11(4-2)15(18)17-14-9-7-13(8-10-14)16-12-5-6-12/h7-12,16H,3-6H2,1-2H3,(H,17,18). The molecule has 2 N–H and O–H groups in total. The minimum Gasteiger partial charge on any atom is -0.382 e. The van der Waals surface area contributed by atoms with E-state index >= 15 is 0 Å². The molecule has 1 aliphatic carbocycles. The number of nitrogens with one attached hydrogen (secondary N) is 2. The van der Waals surface area contributed by atoms with Crippen molar-refractivity contribution < 1.29 is 4.79 Å². The molecule has 1 aromatic carbocycles. The first-order valence-electron chi connectivity index (χ1n) is 6.90. The summed E-state index contributed by atoms with van der Waals surface area (Å²) in [4.78, 5) is 11.9. The van der Waals surface area contributed by atoms with Crippen molar-refractivity contribution in [3.8, 4) is 0 Å². The summed E-state index contributed by atoms with van der Waals surface area (Å²) in [7, 11) is 0. The Morgan fingerprint density at radius 3 is 2.22 bits per heavy atom. The van der Waals surface area contributed by atoms with E-state index in [2.05, 4.69) is 24.5 Å². The van der Waals surface area contributed by atoms with Crippen LogP contribution < -0.4 is 10.6 Å². The van der Waals surface area contributed by atoms with Crippen LogP contribution in [0.1, 0.15) is 39.5 Å². The molecule has 0 saturated heterocycles. The fourth-order valence-electron chi connectivity index (χ4n) is 2.02. The molecular weight excluding hydrogens is 224 g/mol. The van der Waals surface area contributed by atoms with Crippen LogP contribution in [0.25, 0.3) is 0 Å². The smallest absolute Gasteiger partial charge is 0.227 e. The van der Waals surface area contributed by atoms with Crippen LogP contribution >= 0.6 is 0 Å². The fraction of sp³-hybridized carbons (Fsp3) is 0.533. The Hall–Kier alpha value is -1.51. The van der Waals surface area contributed by atoms with E-state index in [9.17, 15) is 4.79 Å². The van der Waals surface area contributed by atoms with E-state index in [1.54, 1.807) is 0 Å². The maximum atomic E-state index is 11.9. The van der Waals surface area contributed by atoms with Crippen molar-refractivity contribution in [1.82, 2.24) is 0 Å². The van der Waals surface area contributed by atoms with Crippen molar-refractivity contribution in [3.05, 3.63) is 24.3 Å². The first-order valence-corrected chi connectivity index (χ1v) is 6.90. The van der Waals surface area contributed by atoms with Crippen LogP contribution in [-0.4, -0.2) is 11.9 Å². The van der Waals surface area contributed by atoms with Gasteiger partial charge in [0.05, 0.1) is 0 Å². The Morgan fingerprint density at radius 2 is 1.72 bits per heavy atom. The molecule has 18 heavy (non-hydrogen) atoms.